The maximum atomic E-state index is 12.4. The van der Waals surface area contributed by atoms with Gasteiger partial charge in [-0.2, -0.15) is 0 Å². The number of carbonyl (C=O) groups is 1. The molecule has 2 N–H and O–H groups in total. The largest absolute Gasteiger partial charge is 0.464 e. The van der Waals surface area contributed by atoms with Crippen LogP contribution in [-0.2, 0) is 14.8 Å². The highest BCUT2D eigenvalue weighted by molar-refractivity contribution is 7.91. The summed E-state index contributed by atoms with van der Waals surface area (Å²) in [5.74, 6) is -0.508. The number of piperidine rings is 1. The summed E-state index contributed by atoms with van der Waals surface area (Å²) in [4.78, 5) is 15.3. The first-order valence-corrected chi connectivity index (χ1v) is 9.07. The van der Waals surface area contributed by atoms with Crippen molar-refractivity contribution in [2.45, 2.75) is 30.0 Å². The average molecular weight is 370 g/mol. The summed E-state index contributed by atoms with van der Waals surface area (Å²) in [6, 6.07) is -0.213. The molecule has 0 radical (unpaired) electrons. The smallest absolute Gasteiger partial charge is 0.358 e. The fourth-order valence-electron chi connectivity index (χ4n) is 2.36. The van der Waals surface area contributed by atoms with Gasteiger partial charge in [-0.15, -0.1) is 23.7 Å². The molecule has 126 valence electrons. The number of carbonyl (C=O) groups excluding carboxylic acids is 1. The van der Waals surface area contributed by atoms with Gasteiger partial charge in [0.1, 0.15) is 0 Å². The fraction of sp³-hybridized carbons (Fsp3) is 0.667. The van der Waals surface area contributed by atoms with Crippen LogP contribution < -0.4 is 10.0 Å². The van der Waals surface area contributed by atoms with Crippen LogP contribution >= 0.6 is 23.7 Å². The zero-order valence-electron chi connectivity index (χ0n) is 12.4. The van der Waals surface area contributed by atoms with Crippen molar-refractivity contribution in [3.63, 3.8) is 0 Å². The Morgan fingerprint density at radius 3 is 2.91 bits per heavy atom. The molecule has 0 bridgehead atoms. The maximum absolute atomic E-state index is 12.4. The van der Waals surface area contributed by atoms with Crippen molar-refractivity contribution in [1.82, 2.24) is 15.0 Å². The van der Waals surface area contributed by atoms with Gasteiger partial charge in [-0.3, -0.25) is 0 Å². The average Bonchev–Trinajstić information content (AvgIpc) is 2.97. The van der Waals surface area contributed by atoms with Crippen molar-refractivity contribution in [1.29, 1.82) is 0 Å². The van der Waals surface area contributed by atoms with Crippen molar-refractivity contribution >= 4 is 39.7 Å². The Kier molecular flexibility index (Phi) is 7.20. The van der Waals surface area contributed by atoms with Crippen LogP contribution in [-0.4, -0.2) is 45.6 Å². The van der Waals surface area contributed by atoms with Crippen LogP contribution in [0.5, 0.6) is 0 Å². The van der Waals surface area contributed by atoms with Crippen LogP contribution in [0.1, 0.15) is 30.3 Å². The van der Waals surface area contributed by atoms with Gasteiger partial charge < -0.3 is 10.1 Å². The topological polar surface area (TPSA) is 97.4 Å². The molecule has 0 amide bonds. The molecule has 1 saturated heterocycles. The van der Waals surface area contributed by atoms with Gasteiger partial charge in [-0.1, -0.05) is 0 Å². The van der Waals surface area contributed by atoms with E-state index in [1.165, 1.54) is 12.6 Å². The minimum atomic E-state index is -3.77. The van der Waals surface area contributed by atoms with Gasteiger partial charge in [0.25, 0.3) is 10.0 Å². The van der Waals surface area contributed by atoms with Gasteiger partial charge in [0, 0.05) is 6.04 Å². The van der Waals surface area contributed by atoms with E-state index in [9.17, 15) is 13.2 Å². The second-order valence-electron chi connectivity index (χ2n) is 5.00. The molecule has 1 aliphatic heterocycles. The minimum absolute atomic E-state index is 0. The molecule has 2 rings (SSSR count). The van der Waals surface area contributed by atoms with Gasteiger partial charge in [-0.05, 0) is 38.8 Å². The lowest BCUT2D eigenvalue weighted by atomic mass is 9.94. The molecule has 0 aliphatic carbocycles. The molecular formula is C12H20ClN3O4S2. The van der Waals surface area contributed by atoms with Crippen LogP contribution in [0.2, 0.25) is 0 Å². The first-order valence-electron chi connectivity index (χ1n) is 6.70. The standard InChI is InChI=1S/C12H19N3O4S2.ClH/c1-8(9-4-3-5-13-6-9)15-21(17,18)12-10(11(16)19-2)14-7-20-12;/h7-9,13,15H,3-6H2,1-2H3;1H. The van der Waals surface area contributed by atoms with E-state index in [1.807, 2.05) is 6.92 Å². The predicted molar refractivity (Wildman–Crippen MR) is 86.1 cm³/mol. The summed E-state index contributed by atoms with van der Waals surface area (Å²) in [7, 11) is -2.58. The summed E-state index contributed by atoms with van der Waals surface area (Å²) in [6.07, 6.45) is 2.01. The van der Waals surface area contributed by atoms with E-state index in [0.717, 1.165) is 37.3 Å². The molecule has 1 aliphatic rings. The third-order valence-electron chi connectivity index (χ3n) is 3.54. The van der Waals surface area contributed by atoms with Crippen molar-refractivity contribution in [2.75, 3.05) is 20.2 Å². The van der Waals surface area contributed by atoms with Crippen molar-refractivity contribution in [3.8, 4) is 0 Å². The van der Waals surface area contributed by atoms with Crippen molar-refractivity contribution in [2.24, 2.45) is 5.92 Å². The van der Waals surface area contributed by atoms with E-state index in [0.29, 0.717) is 0 Å². The second-order valence-corrected chi connectivity index (χ2v) is 7.76. The Labute approximate surface area is 140 Å². The van der Waals surface area contributed by atoms with E-state index < -0.39 is 16.0 Å². The van der Waals surface area contributed by atoms with Gasteiger partial charge in [-0.25, -0.2) is 22.9 Å². The zero-order chi connectivity index (χ0) is 15.5. The summed E-state index contributed by atoms with van der Waals surface area (Å²) in [5, 5.41) is 3.26. The molecule has 2 unspecified atom stereocenters. The summed E-state index contributed by atoms with van der Waals surface area (Å²) < 4.78 is 31.9. The Bertz CT molecular complexity index is 599. The molecule has 7 nitrogen and oxygen atoms in total. The first kappa shape index (κ1) is 19.3. The molecule has 2 atom stereocenters. The minimum Gasteiger partial charge on any atom is -0.464 e. The SMILES string of the molecule is COC(=O)c1ncsc1S(=O)(=O)NC(C)C1CCCNC1.Cl. The third-order valence-corrected chi connectivity index (χ3v) is 6.47. The maximum Gasteiger partial charge on any atom is 0.358 e. The number of esters is 1. The van der Waals surface area contributed by atoms with Crippen LogP contribution in [0.15, 0.2) is 9.72 Å². The van der Waals surface area contributed by atoms with Crippen LogP contribution in [0.25, 0.3) is 0 Å². The molecule has 1 aromatic heterocycles. The monoisotopic (exact) mass is 369 g/mol. The van der Waals surface area contributed by atoms with E-state index >= 15 is 0 Å². The molecule has 2 heterocycles. The summed E-state index contributed by atoms with van der Waals surface area (Å²) >= 11 is 0.911. The number of rotatable bonds is 5. The molecule has 1 aromatic rings. The second kappa shape index (κ2) is 8.21. The Morgan fingerprint density at radius 1 is 1.59 bits per heavy atom. The molecule has 10 heteroatoms. The quantitative estimate of drug-likeness (QED) is 0.752. The molecule has 1 fully saturated rings. The van der Waals surface area contributed by atoms with Crippen LogP contribution in [0.4, 0.5) is 0 Å². The predicted octanol–water partition coefficient (Wildman–Crippen LogP) is 1.02. The summed E-state index contributed by atoms with van der Waals surface area (Å²) in [5.41, 5.74) is 1.16. The number of halogens is 1. The first-order chi connectivity index (χ1) is 9.95. The lowest BCUT2D eigenvalue weighted by Crippen LogP contribution is -2.44. The molecule has 0 spiro atoms. The number of methoxy groups -OCH3 is 1. The van der Waals surface area contributed by atoms with E-state index in [-0.39, 0.29) is 34.3 Å². The van der Waals surface area contributed by atoms with Crippen LogP contribution in [0, 0.1) is 5.92 Å². The molecular weight excluding hydrogens is 350 g/mol. The Balaban J connectivity index is 0.00000242. The van der Waals surface area contributed by atoms with E-state index in [4.69, 9.17) is 0 Å². The van der Waals surface area contributed by atoms with Gasteiger partial charge in [0.15, 0.2) is 9.90 Å². The van der Waals surface area contributed by atoms with Crippen molar-refractivity contribution < 1.29 is 17.9 Å². The Morgan fingerprint density at radius 2 is 2.32 bits per heavy atom. The number of ether oxygens (including phenoxy) is 1. The lowest BCUT2D eigenvalue weighted by Gasteiger charge is -2.28. The normalized spacial score (nSPS) is 20.0. The Hall–Kier alpha value is -0.740. The highest BCUT2D eigenvalue weighted by Gasteiger charge is 2.30. The zero-order valence-corrected chi connectivity index (χ0v) is 14.8. The van der Waals surface area contributed by atoms with Crippen LogP contribution in [0.3, 0.4) is 0 Å². The highest BCUT2D eigenvalue weighted by Crippen LogP contribution is 2.23. The lowest BCUT2D eigenvalue weighted by molar-refractivity contribution is 0.0590. The number of nitrogens with one attached hydrogen (secondary N) is 2. The number of hydrogen-bond acceptors (Lipinski definition) is 7. The molecule has 0 aromatic carbocycles. The number of thiazole rings is 1. The molecule has 0 saturated carbocycles. The van der Waals surface area contributed by atoms with Gasteiger partial charge >= 0.3 is 5.97 Å². The number of aromatic nitrogens is 1. The molecule has 22 heavy (non-hydrogen) atoms. The van der Waals surface area contributed by atoms with Gasteiger partial charge in [0.05, 0.1) is 12.6 Å². The number of sulfonamides is 1. The summed E-state index contributed by atoms with van der Waals surface area (Å²) in [6.45, 7) is 3.60. The number of nitrogens with zero attached hydrogens (tertiary/aromatic N) is 1. The number of hydrogen-bond donors (Lipinski definition) is 2. The fourth-order valence-corrected chi connectivity index (χ4v) is 4.82. The van der Waals surface area contributed by atoms with E-state index in [1.54, 1.807) is 0 Å². The van der Waals surface area contributed by atoms with Gasteiger partial charge in [0.2, 0.25) is 0 Å². The third kappa shape index (κ3) is 4.39. The van der Waals surface area contributed by atoms with Crippen molar-refractivity contribution in [3.05, 3.63) is 11.2 Å². The van der Waals surface area contributed by atoms with E-state index in [2.05, 4.69) is 19.8 Å². The highest BCUT2D eigenvalue weighted by atomic mass is 35.5.